The van der Waals surface area contributed by atoms with Crippen molar-refractivity contribution in [1.29, 1.82) is 0 Å². The van der Waals surface area contributed by atoms with Crippen LogP contribution >= 0.6 is 0 Å². The molecule has 0 aliphatic carbocycles. The average molecular weight is 365 g/mol. The van der Waals surface area contributed by atoms with E-state index in [1.54, 1.807) is 17.0 Å². The summed E-state index contributed by atoms with van der Waals surface area (Å²) in [6, 6.07) is 14.8. The lowest BCUT2D eigenvalue weighted by molar-refractivity contribution is -0.119. The molecule has 0 bridgehead atoms. The van der Waals surface area contributed by atoms with Crippen LogP contribution in [-0.4, -0.2) is 24.3 Å². The Morgan fingerprint density at radius 1 is 0.926 bits per heavy atom. The number of nitrogens with zero attached hydrogens (tertiary/aromatic N) is 1. The normalized spacial score (nSPS) is 13.5. The van der Waals surface area contributed by atoms with Crippen molar-refractivity contribution < 1.29 is 14.4 Å². The van der Waals surface area contributed by atoms with Crippen molar-refractivity contribution in [2.24, 2.45) is 0 Å². The van der Waals surface area contributed by atoms with Gasteiger partial charge in [-0.15, -0.1) is 0 Å². The van der Waals surface area contributed by atoms with Gasteiger partial charge in [0.05, 0.1) is 0 Å². The van der Waals surface area contributed by atoms with Gasteiger partial charge in [0.25, 0.3) is 5.91 Å². The summed E-state index contributed by atoms with van der Waals surface area (Å²) < 4.78 is 0. The first-order valence-corrected chi connectivity index (χ1v) is 9.04. The van der Waals surface area contributed by atoms with Crippen LogP contribution in [0.25, 0.3) is 0 Å². The van der Waals surface area contributed by atoms with Gasteiger partial charge < -0.3 is 15.5 Å². The van der Waals surface area contributed by atoms with Crippen molar-refractivity contribution in [3.63, 3.8) is 0 Å². The maximum Gasteiger partial charge on any atom is 0.251 e. The fraction of sp³-hybridized carbons (Fsp3) is 0.286. The van der Waals surface area contributed by atoms with E-state index in [1.165, 1.54) is 6.92 Å². The monoisotopic (exact) mass is 365 g/mol. The second kappa shape index (κ2) is 8.49. The molecule has 2 aromatic rings. The molecule has 140 valence electrons. The zero-order chi connectivity index (χ0) is 19.2. The molecule has 6 heteroatoms. The minimum atomic E-state index is -0.153. The molecule has 1 aliphatic heterocycles. The van der Waals surface area contributed by atoms with Gasteiger partial charge in [0.1, 0.15) is 0 Å². The Bertz CT molecular complexity index is 829. The number of nitrogens with one attached hydrogen (secondary N) is 2. The molecule has 1 heterocycles. The highest BCUT2D eigenvalue weighted by Crippen LogP contribution is 2.21. The lowest BCUT2D eigenvalue weighted by atomic mass is 10.1. The SMILES string of the molecule is CC(=O)NCc1ccc(C(=O)NCc2ccc(N3CCCC3=O)cc2)cc1. The van der Waals surface area contributed by atoms with E-state index in [1.807, 2.05) is 36.4 Å². The highest BCUT2D eigenvalue weighted by Gasteiger charge is 2.21. The van der Waals surface area contributed by atoms with Crippen LogP contribution in [0.3, 0.4) is 0 Å². The quantitative estimate of drug-likeness (QED) is 0.825. The third-order valence-corrected chi connectivity index (χ3v) is 4.53. The Morgan fingerprint density at radius 3 is 2.07 bits per heavy atom. The molecule has 1 saturated heterocycles. The predicted molar refractivity (Wildman–Crippen MR) is 103 cm³/mol. The number of hydrogen-bond donors (Lipinski definition) is 2. The first-order chi connectivity index (χ1) is 13.0. The van der Waals surface area contributed by atoms with Crippen LogP contribution < -0.4 is 15.5 Å². The van der Waals surface area contributed by atoms with E-state index in [-0.39, 0.29) is 17.7 Å². The number of anilines is 1. The molecular formula is C21H23N3O3. The van der Waals surface area contributed by atoms with E-state index >= 15 is 0 Å². The third kappa shape index (κ3) is 4.94. The van der Waals surface area contributed by atoms with Gasteiger partial charge in [-0.3, -0.25) is 14.4 Å². The van der Waals surface area contributed by atoms with Gasteiger partial charge in [0.15, 0.2) is 0 Å². The third-order valence-electron chi connectivity index (χ3n) is 4.53. The molecule has 0 saturated carbocycles. The van der Waals surface area contributed by atoms with Crippen LogP contribution in [0.2, 0.25) is 0 Å². The fourth-order valence-corrected chi connectivity index (χ4v) is 3.00. The number of carbonyl (C=O) groups is 3. The van der Waals surface area contributed by atoms with E-state index in [9.17, 15) is 14.4 Å². The van der Waals surface area contributed by atoms with Crippen LogP contribution in [-0.2, 0) is 22.7 Å². The Morgan fingerprint density at radius 2 is 1.52 bits per heavy atom. The summed E-state index contributed by atoms with van der Waals surface area (Å²) in [5.74, 6) is -0.0742. The number of amides is 3. The van der Waals surface area contributed by atoms with Crippen molar-refractivity contribution >= 4 is 23.4 Å². The molecule has 1 fully saturated rings. The first-order valence-electron chi connectivity index (χ1n) is 9.04. The summed E-state index contributed by atoms with van der Waals surface area (Å²) >= 11 is 0. The van der Waals surface area contributed by atoms with E-state index in [2.05, 4.69) is 10.6 Å². The number of hydrogen-bond acceptors (Lipinski definition) is 3. The van der Waals surface area contributed by atoms with Crippen molar-refractivity contribution in [1.82, 2.24) is 10.6 Å². The first kappa shape index (κ1) is 18.6. The van der Waals surface area contributed by atoms with Crippen LogP contribution in [0.1, 0.15) is 41.3 Å². The number of carbonyl (C=O) groups excluding carboxylic acids is 3. The smallest absolute Gasteiger partial charge is 0.251 e. The molecule has 2 aromatic carbocycles. The van der Waals surface area contributed by atoms with Crippen LogP contribution in [0.15, 0.2) is 48.5 Å². The second-order valence-corrected chi connectivity index (χ2v) is 6.60. The van der Waals surface area contributed by atoms with Crippen LogP contribution in [0.4, 0.5) is 5.69 Å². The summed E-state index contributed by atoms with van der Waals surface area (Å²) in [6.07, 6.45) is 1.52. The Kier molecular flexibility index (Phi) is 5.86. The van der Waals surface area contributed by atoms with Gasteiger partial charge in [-0.2, -0.15) is 0 Å². The summed E-state index contributed by atoms with van der Waals surface area (Å²) in [4.78, 5) is 36.8. The zero-order valence-electron chi connectivity index (χ0n) is 15.3. The Hall–Kier alpha value is -3.15. The molecule has 0 atom stereocenters. The fourth-order valence-electron chi connectivity index (χ4n) is 3.00. The molecule has 27 heavy (non-hydrogen) atoms. The topological polar surface area (TPSA) is 78.5 Å². The predicted octanol–water partition coefficient (Wildman–Crippen LogP) is 2.38. The molecular weight excluding hydrogens is 342 g/mol. The highest BCUT2D eigenvalue weighted by molar-refractivity contribution is 5.95. The maximum absolute atomic E-state index is 12.3. The van der Waals surface area contributed by atoms with Crippen LogP contribution in [0.5, 0.6) is 0 Å². The van der Waals surface area contributed by atoms with E-state index < -0.39 is 0 Å². The van der Waals surface area contributed by atoms with Gasteiger partial charge in [0.2, 0.25) is 11.8 Å². The lowest BCUT2D eigenvalue weighted by Gasteiger charge is -2.16. The second-order valence-electron chi connectivity index (χ2n) is 6.60. The Balaban J connectivity index is 1.52. The molecule has 3 rings (SSSR count). The molecule has 0 aromatic heterocycles. The largest absolute Gasteiger partial charge is 0.352 e. The standard InChI is InChI=1S/C21H23N3O3/c1-15(25)22-13-16-4-8-18(9-5-16)21(27)23-14-17-6-10-19(11-7-17)24-12-2-3-20(24)26/h4-11H,2-3,12-14H2,1H3,(H,22,25)(H,23,27). The molecule has 0 spiro atoms. The zero-order valence-corrected chi connectivity index (χ0v) is 15.3. The number of rotatable bonds is 6. The summed E-state index contributed by atoms with van der Waals surface area (Å²) in [7, 11) is 0. The molecule has 2 N–H and O–H groups in total. The molecule has 0 unspecified atom stereocenters. The van der Waals surface area contributed by atoms with Gasteiger partial charge in [0, 0.05) is 44.2 Å². The molecule has 6 nitrogen and oxygen atoms in total. The van der Waals surface area contributed by atoms with E-state index in [4.69, 9.17) is 0 Å². The van der Waals surface area contributed by atoms with Crippen molar-refractivity contribution in [2.75, 3.05) is 11.4 Å². The molecule has 1 aliphatic rings. The van der Waals surface area contributed by atoms with Gasteiger partial charge in [-0.05, 0) is 41.8 Å². The summed E-state index contributed by atoms with van der Waals surface area (Å²) in [5.41, 5.74) is 3.39. The lowest BCUT2D eigenvalue weighted by Crippen LogP contribution is -2.24. The molecule has 0 radical (unpaired) electrons. The van der Waals surface area contributed by atoms with Crippen molar-refractivity contribution in [2.45, 2.75) is 32.9 Å². The van der Waals surface area contributed by atoms with Crippen LogP contribution in [0, 0.1) is 0 Å². The summed E-state index contributed by atoms with van der Waals surface area (Å²) in [6.45, 7) is 3.11. The minimum absolute atomic E-state index is 0.0862. The maximum atomic E-state index is 12.3. The van der Waals surface area contributed by atoms with E-state index in [0.717, 1.165) is 29.8 Å². The Labute approximate surface area is 158 Å². The summed E-state index contributed by atoms with van der Waals surface area (Å²) in [5, 5.41) is 5.61. The van der Waals surface area contributed by atoms with Crippen molar-refractivity contribution in [3.8, 4) is 0 Å². The average Bonchev–Trinajstić information content (AvgIpc) is 3.11. The van der Waals surface area contributed by atoms with Crippen molar-refractivity contribution in [3.05, 3.63) is 65.2 Å². The van der Waals surface area contributed by atoms with Gasteiger partial charge >= 0.3 is 0 Å². The highest BCUT2D eigenvalue weighted by atomic mass is 16.2. The molecule has 3 amide bonds. The van der Waals surface area contributed by atoms with Gasteiger partial charge in [-0.25, -0.2) is 0 Å². The minimum Gasteiger partial charge on any atom is -0.352 e. The van der Waals surface area contributed by atoms with Gasteiger partial charge in [-0.1, -0.05) is 24.3 Å². The number of benzene rings is 2. The van der Waals surface area contributed by atoms with E-state index in [0.29, 0.717) is 25.1 Å².